The van der Waals surface area contributed by atoms with Crippen molar-refractivity contribution in [3.63, 3.8) is 0 Å². The Labute approximate surface area is 145 Å². The van der Waals surface area contributed by atoms with Gasteiger partial charge in [-0.1, -0.05) is 12.1 Å². The summed E-state index contributed by atoms with van der Waals surface area (Å²) in [5.41, 5.74) is 6.83. The molecule has 0 aliphatic carbocycles. The molecule has 130 valence electrons. The number of aromatic nitrogens is 3. The van der Waals surface area contributed by atoms with Gasteiger partial charge in [-0.05, 0) is 24.1 Å². The third-order valence-corrected chi connectivity index (χ3v) is 4.21. The molecule has 1 atom stereocenters. The maximum Gasteiger partial charge on any atom is 0.416 e. The topological polar surface area (TPSA) is 76.7 Å². The van der Waals surface area contributed by atoms with Gasteiger partial charge >= 0.3 is 6.18 Å². The minimum absolute atomic E-state index is 0.395. The Hall–Kier alpha value is -2.52. The summed E-state index contributed by atoms with van der Waals surface area (Å²) in [7, 11) is 0. The molecule has 0 radical (unpaired) electrons. The maximum absolute atomic E-state index is 12.6. The lowest BCUT2D eigenvalue weighted by molar-refractivity contribution is -0.137. The molecule has 0 aliphatic rings. The van der Waals surface area contributed by atoms with E-state index in [1.807, 2.05) is 5.38 Å². The molecule has 5 nitrogen and oxygen atoms in total. The van der Waals surface area contributed by atoms with Crippen LogP contribution in [0, 0.1) is 0 Å². The number of benzene rings is 1. The summed E-state index contributed by atoms with van der Waals surface area (Å²) >= 11 is 1.37. The van der Waals surface area contributed by atoms with Crippen molar-refractivity contribution in [2.75, 3.05) is 5.32 Å². The van der Waals surface area contributed by atoms with Crippen LogP contribution in [0.2, 0.25) is 0 Å². The minimum Gasteiger partial charge on any atom is -0.322 e. The van der Waals surface area contributed by atoms with Crippen LogP contribution in [-0.2, 0) is 12.6 Å². The van der Waals surface area contributed by atoms with Crippen LogP contribution in [0.4, 0.5) is 24.1 Å². The zero-order valence-corrected chi connectivity index (χ0v) is 13.7. The summed E-state index contributed by atoms with van der Waals surface area (Å²) < 4.78 is 37.7. The van der Waals surface area contributed by atoms with Gasteiger partial charge in [0.25, 0.3) is 0 Å². The Kier molecular flexibility index (Phi) is 4.95. The number of halogens is 3. The lowest BCUT2D eigenvalue weighted by atomic mass is 10.0. The van der Waals surface area contributed by atoms with E-state index < -0.39 is 17.8 Å². The zero-order valence-electron chi connectivity index (χ0n) is 12.9. The lowest BCUT2D eigenvalue weighted by Crippen LogP contribution is -2.14. The number of nitrogens with one attached hydrogen (secondary N) is 1. The van der Waals surface area contributed by atoms with E-state index in [0.29, 0.717) is 23.1 Å². The maximum atomic E-state index is 12.6. The molecule has 0 spiro atoms. The van der Waals surface area contributed by atoms with Crippen molar-refractivity contribution in [2.24, 2.45) is 5.73 Å². The van der Waals surface area contributed by atoms with E-state index in [9.17, 15) is 13.2 Å². The second-order valence-corrected chi connectivity index (χ2v) is 6.16. The predicted octanol–water partition coefficient (Wildman–Crippen LogP) is 3.94. The summed E-state index contributed by atoms with van der Waals surface area (Å²) in [5.74, 6) is 0.569. The van der Waals surface area contributed by atoms with Crippen LogP contribution in [0.1, 0.15) is 22.9 Å². The molecule has 9 heteroatoms. The number of thiazole rings is 1. The van der Waals surface area contributed by atoms with Crippen molar-refractivity contribution in [3.05, 3.63) is 65.1 Å². The van der Waals surface area contributed by atoms with Crippen LogP contribution in [0.3, 0.4) is 0 Å². The van der Waals surface area contributed by atoms with Gasteiger partial charge in [-0.2, -0.15) is 13.2 Å². The first-order valence-electron chi connectivity index (χ1n) is 7.32. The summed E-state index contributed by atoms with van der Waals surface area (Å²) in [5, 5.41) is 5.46. The first-order valence-corrected chi connectivity index (χ1v) is 8.20. The minimum atomic E-state index is -4.34. The van der Waals surface area contributed by atoms with Crippen molar-refractivity contribution in [1.29, 1.82) is 0 Å². The molecule has 0 aliphatic heterocycles. The van der Waals surface area contributed by atoms with Crippen LogP contribution in [0.15, 0.2) is 48.2 Å². The fraction of sp³-hybridized carbons (Fsp3) is 0.188. The van der Waals surface area contributed by atoms with Gasteiger partial charge in [0.1, 0.15) is 0 Å². The zero-order chi connectivity index (χ0) is 17.9. The number of anilines is 2. The smallest absolute Gasteiger partial charge is 0.322 e. The molecule has 0 amide bonds. The summed E-state index contributed by atoms with van der Waals surface area (Å²) in [4.78, 5) is 12.4. The average Bonchev–Trinajstić information content (AvgIpc) is 3.04. The van der Waals surface area contributed by atoms with E-state index in [-0.39, 0.29) is 0 Å². The molecule has 0 fully saturated rings. The Bertz CT molecular complexity index is 818. The fourth-order valence-electron chi connectivity index (χ4n) is 2.18. The second kappa shape index (κ2) is 7.16. The van der Waals surface area contributed by atoms with E-state index >= 15 is 0 Å². The summed E-state index contributed by atoms with van der Waals surface area (Å²) in [6.07, 6.45) is 0.762. The standard InChI is InChI=1S/C16H14F3N5S/c17-16(18,19)11-3-1-10(2-4-11)7-12(20)13-9-25-15(23-13)24-14-8-21-5-6-22-14/h1-6,8-9,12H,7,20H2,(H,22,23,24). The van der Waals surface area contributed by atoms with Crippen molar-refractivity contribution >= 4 is 22.3 Å². The average molecular weight is 365 g/mol. The highest BCUT2D eigenvalue weighted by molar-refractivity contribution is 7.13. The quantitative estimate of drug-likeness (QED) is 0.716. The van der Waals surface area contributed by atoms with E-state index in [0.717, 1.165) is 17.7 Å². The SMILES string of the molecule is NC(Cc1ccc(C(F)(F)F)cc1)c1csc(Nc2cnccn2)n1. The third-order valence-electron chi connectivity index (χ3n) is 3.44. The van der Waals surface area contributed by atoms with E-state index in [1.54, 1.807) is 18.6 Å². The molecule has 0 bridgehead atoms. The molecule has 25 heavy (non-hydrogen) atoms. The Morgan fingerprint density at radius 3 is 2.56 bits per heavy atom. The molecule has 1 aromatic carbocycles. The van der Waals surface area contributed by atoms with Crippen LogP contribution >= 0.6 is 11.3 Å². The van der Waals surface area contributed by atoms with Gasteiger partial charge in [0.05, 0.1) is 23.5 Å². The van der Waals surface area contributed by atoms with Crippen molar-refractivity contribution in [3.8, 4) is 0 Å². The highest BCUT2D eigenvalue weighted by Gasteiger charge is 2.30. The van der Waals surface area contributed by atoms with Gasteiger partial charge in [-0.25, -0.2) is 9.97 Å². The molecular formula is C16H14F3N5S. The number of hydrogen-bond donors (Lipinski definition) is 2. The summed E-state index contributed by atoms with van der Waals surface area (Å²) in [6, 6.07) is 4.58. The van der Waals surface area contributed by atoms with E-state index in [4.69, 9.17) is 5.73 Å². The molecule has 1 unspecified atom stereocenters. The first kappa shape index (κ1) is 17.3. The van der Waals surface area contributed by atoms with Crippen LogP contribution in [0.5, 0.6) is 0 Å². The van der Waals surface area contributed by atoms with Gasteiger partial charge in [-0.3, -0.25) is 4.98 Å². The largest absolute Gasteiger partial charge is 0.416 e. The second-order valence-electron chi connectivity index (χ2n) is 5.30. The van der Waals surface area contributed by atoms with Crippen molar-refractivity contribution in [2.45, 2.75) is 18.6 Å². The molecule has 0 saturated carbocycles. The van der Waals surface area contributed by atoms with Crippen LogP contribution < -0.4 is 11.1 Å². The molecule has 0 saturated heterocycles. The molecule has 3 rings (SSSR count). The number of alkyl halides is 3. The normalized spacial score (nSPS) is 12.8. The Morgan fingerprint density at radius 1 is 1.16 bits per heavy atom. The molecule has 2 aromatic heterocycles. The van der Waals surface area contributed by atoms with Gasteiger partial charge in [0.2, 0.25) is 0 Å². The number of nitrogens with two attached hydrogens (primary N) is 1. The molecule has 3 aromatic rings. The van der Waals surface area contributed by atoms with E-state index in [1.165, 1.54) is 23.5 Å². The van der Waals surface area contributed by atoms with Crippen LogP contribution in [-0.4, -0.2) is 15.0 Å². The van der Waals surface area contributed by atoms with Gasteiger partial charge in [0.15, 0.2) is 10.9 Å². The highest BCUT2D eigenvalue weighted by Crippen LogP contribution is 2.30. The third kappa shape index (κ3) is 4.52. The first-order chi connectivity index (χ1) is 11.9. The predicted molar refractivity (Wildman–Crippen MR) is 89.5 cm³/mol. The van der Waals surface area contributed by atoms with Crippen molar-refractivity contribution < 1.29 is 13.2 Å². The molecular weight excluding hydrogens is 351 g/mol. The van der Waals surface area contributed by atoms with Gasteiger partial charge in [-0.15, -0.1) is 11.3 Å². The Balaban J connectivity index is 1.64. The summed E-state index contributed by atoms with van der Waals surface area (Å²) in [6.45, 7) is 0. The Morgan fingerprint density at radius 2 is 1.92 bits per heavy atom. The van der Waals surface area contributed by atoms with Crippen molar-refractivity contribution in [1.82, 2.24) is 15.0 Å². The molecule has 2 heterocycles. The number of nitrogens with zero attached hydrogens (tertiary/aromatic N) is 3. The number of hydrogen-bond acceptors (Lipinski definition) is 6. The van der Waals surface area contributed by atoms with Gasteiger partial charge < -0.3 is 11.1 Å². The monoisotopic (exact) mass is 365 g/mol. The van der Waals surface area contributed by atoms with E-state index in [2.05, 4.69) is 20.3 Å². The lowest BCUT2D eigenvalue weighted by Gasteiger charge is -2.11. The van der Waals surface area contributed by atoms with Crippen LogP contribution in [0.25, 0.3) is 0 Å². The highest BCUT2D eigenvalue weighted by atomic mass is 32.1. The molecule has 3 N–H and O–H groups in total. The fourth-order valence-corrected chi connectivity index (χ4v) is 2.96. The van der Waals surface area contributed by atoms with Gasteiger partial charge in [0, 0.05) is 17.8 Å². The number of rotatable bonds is 5.